The fraction of sp³-hybridized carbons (Fsp3) is 0.712. The van der Waals surface area contributed by atoms with Crippen LogP contribution in [0.2, 0.25) is 0 Å². The number of nitrogens with one attached hydrogen (secondary N) is 1. The third-order valence-corrected chi connectivity index (χ3v) is 15.7. The van der Waals surface area contributed by atoms with Crippen molar-refractivity contribution in [3.05, 3.63) is 122 Å². The van der Waals surface area contributed by atoms with Gasteiger partial charge in [0.15, 0.2) is 0 Å². The maximum Gasteiger partial charge on any atom is 0.472 e. The lowest BCUT2D eigenvalue weighted by Crippen LogP contribution is -2.45. The van der Waals surface area contributed by atoms with Crippen LogP contribution >= 0.6 is 7.82 Å². The number of phosphoric ester groups is 1. The van der Waals surface area contributed by atoms with E-state index in [2.05, 4.69) is 129 Å². The van der Waals surface area contributed by atoms with E-state index in [0.29, 0.717) is 17.4 Å². The normalized spacial score (nSPS) is 14.5. The first kappa shape index (κ1) is 78.9. The van der Waals surface area contributed by atoms with E-state index in [0.717, 1.165) is 109 Å². The molecule has 3 atom stereocenters. The second-order valence-electron chi connectivity index (χ2n) is 23.8. The van der Waals surface area contributed by atoms with Gasteiger partial charge in [-0.25, -0.2) is 4.57 Å². The minimum atomic E-state index is -4.36. The Morgan fingerprint density at radius 1 is 0.427 bits per heavy atom. The molecule has 0 aliphatic rings. The number of quaternary nitrogens is 1. The van der Waals surface area contributed by atoms with Gasteiger partial charge in [0, 0.05) is 6.42 Å². The fourth-order valence-corrected chi connectivity index (χ4v) is 10.2. The molecule has 0 radical (unpaired) electrons. The first-order chi connectivity index (χ1) is 40.0. The van der Waals surface area contributed by atoms with E-state index in [4.69, 9.17) is 9.05 Å². The SMILES string of the molecule is CC/C=C\C/C=C\C/C=C\C/C=C\C/C=C\C/C=C\C/C=C\C/C=C\C/C=C\CCCCCCCCCC(=O)NC(COP(=O)(O)OCC[N+](C)(C)C)C(O)/C=C/CCCCCCCCCCCCCCCCCCCCCCCCC. The molecule has 3 N–H and O–H groups in total. The lowest BCUT2D eigenvalue weighted by atomic mass is 10.0. The molecular formula is C73H130N2O6P+. The Hall–Kier alpha value is -3.10. The summed E-state index contributed by atoms with van der Waals surface area (Å²) in [6.45, 7) is 4.71. The quantitative estimate of drug-likeness (QED) is 0.0243. The summed E-state index contributed by atoms with van der Waals surface area (Å²) in [6.07, 6.45) is 93.2. The highest BCUT2D eigenvalue weighted by atomic mass is 31.2. The van der Waals surface area contributed by atoms with E-state index in [1.165, 1.54) is 154 Å². The zero-order valence-electron chi connectivity index (χ0n) is 53.9. The van der Waals surface area contributed by atoms with E-state index < -0.39 is 20.0 Å². The van der Waals surface area contributed by atoms with Crippen LogP contribution in [-0.2, 0) is 18.4 Å². The molecule has 0 fully saturated rings. The largest absolute Gasteiger partial charge is 0.472 e. The van der Waals surface area contributed by atoms with Crippen molar-refractivity contribution < 1.29 is 32.9 Å². The second kappa shape index (κ2) is 62.4. The van der Waals surface area contributed by atoms with Crippen LogP contribution < -0.4 is 5.32 Å². The number of carbonyl (C=O) groups is 1. The molecular weight excluding hydrogens is 1030 g/mol. The monoisotopic (exact) mass is 1160 g/mol. The van der Waals surface area contributed by atoms with Crippen molar-refractivity contribution >= 4 is 13.7 Å². The molecule has 0 saturated carbocycles. The Labute approximate surface area is 507 Å². The lowest BCUT2D eigenvalue weighted by molar-refractivity contribution is -0.870. The predicted octanol–water partition coefficient (Wildman–Crippen LogP) is 21.7. The minimum absolute atomic E-state index is 0.0536. The maximum atomic E-state index is 13.0. The van der Waals surface area contributed by atoms with E-state index in [-0.39, 0.29) is 19.1 Å². The van der Waals surface area contributed by atoms with Gasteiger partial charge in [0.25, 0.3) is 0 Å². The number of allylic oxidation sites excluding steroid dienone is 19. The Bertz CT molecular complexity index is 1750. The highest BCUT2D eigenvalue weighted by Gasteiger charge is 2.28. The number of hydrogen-bond donors (Lipinski definition) is 3. The number of aliphatic hydroxyl groups excluding tert-OH is 1. The van der Waals surface area contributed by atoms with Crippen LogP contribution in [0.3, 0.4) is 0 Å². The molecule has 0 aromatic heterocycles. The molecule has 0 saturated heterocycles. The van der Waals surface area contributed by atoms with E-state index >= 15 is 0 Å². The summed E-state index contributed by atoms with van der Waals surface area (Å²) in [5, 5.41) is 14.0. The molecule has 0 aromatic rings. The van der Waals surface area contributed by atoms with Gasteiger partial charge in [0.1, 0.15) is 13.2 Å². The Morgan fingerprint density at radius 3 is 1.07 bits per heavy atom. The topological polar surface area (TPSA) is 105 Å². The van der Waals surface area contributed by atoms with Gasteiger partial charge in [-0.1, -0.05) is 309 Å². The van der Waals surface area contributed by atoms with E-state index in [1.54, 1.807) is 6.08 Å². The van der Waals surface area contributed by atoms with Crippen molar-refractivity contribution in [2.24, 2.45) is 0 Å². The molecule has 0 rings (SSSR count). The Kier molecular flexibility index (Phi) is 60.1. The Morgan fingerprint density at radius 2 is 0.732 bits per heavy atom. The van der Waals surface area contributed by atoms with Crippen LogP contribution in [-0.4, -0.2) is 73.4 Å². The van der Waals surface area contributed by atoms with Crippen molar-refractivity contribution in [3.8, 4) is 0 Å². The lowest BCUT2D eigenvalue weighted by Gasteiger charge is -2.25. The van der Waals surface area contributed by atoms with Crippen molar-refractivity contribution in [2.75, 3.05) is 40.9 Å². The summed E-state index contributed by atoms with van der Waals surface area (Å²) in [7, 11) is 1.55. The predicted molar refractivity (Wildman–Crippen MR) is 359 cm³/mol. The van der Waals surface area contributed by atoms with Gasteiger partial charge >= 0.3 is 7.82 Å². The second-order valence-corrected chi connectivity index (χ2v) is 25.3. The number of hydrogen-bond acceptors (Lipinski definition) is 5. The van der Waals surface area contributed by atoms with Gasteiger partial charge < -0.3 is 19.8 Å². The molecule has 0 bridgehead atoms. The first-order valence-electron chi connectivity index (χ1n) is 33.9. The van der Waals surface area contributed by atoms with Gasteiger partial charge in [-0.15, -0.1) is 0 Å². The van der Waals surface area contributed by atoms with Gasteiger partial charge in [0.2, 0.25) is 5.91 Å². The molecule has 0 aliphatic carbocycles. The highest BCUT2D eigenvalue weighted by Crippen LogP contribution is 2.43. The smallest absolute Gasteiger partial charge is 0.387 e. The standard InChI is InChI=1S/C73H129N2O6P/c1-6-8-10-12-14-16-18-20-22-24-26-28-30-32-33-34-35-36-37-38-39-40-41-43-45-47-49-51-53-55-57-59-61-63-65-67-73(77)74-71(70-81-82(78,79)80-69-68-75(3,4)5)72(76)66-64-62-60-58-56-54-52-50-48-46-44-42-31-29-27-25-23-21-19-17-15-13-11-9-7-2/h8,10,14,16,20,22,26,28,32-33,35-36,38-39,41,43,47,49,64,66,71-72,76H,6-7,9,11-13,15,17-19,21,23-25,27,29-31,34,37,40,42,44-46,48,50-63,65,67-70H2,1-5H3,(H-,74,77,78,79)/p+1/b10-8-,16-14-,22-20-,28-26-,33-32-,36-35-,39-38-,43-41-,49-47-,66-64+. The molecule has 0 spiro atoms. The first-order valence-corrected chi connectivity index (χ1v) is 35.4. The third-order valence-electron chi connectivity index (χ3n) is 14.7. The molecule has 8 nitrogen and oxygen atoms in total. The number of aliphatic hydroxyl groups is 1. The van der Waals surface area contributed by atoms with Gasteiger partial charge in [-0.05, 0) is 89.9 Å². The number of unbranched alkanes of at least 4 members (excludes halogenated alkanes) is 30. The molecule has 0 aliphatic heterocycles. The van der Waals surface area contributed by atoms with Crippen molar-refractivity contribution in [1.29, 1.82) is 0 Å². The van der Waals surface area contributed by atoms with Gasteiger partial charge in [-0.2, -0.15) is 0 Å². The number of rotatable bonds is 61. The molecule has 82 heavy (non-hydrogen) atoms. The zero-order valence-corrected chi connectivity index (χ0v) is 54.8. The molecule has 3 unspecified atom stereocenters. The summed E-state index contributed by atoms with van der Waals surface area (Å²) < 4.78 is 23.8. The summed E-state index contributed by atoms with van der Waals surface area (Å²) in [6, 6.07) is -0.863. The van der Waals surface area contributed by atoms with E-state index in [1.807, 2.05) is 27.2 Å². The molecule has 472 valence electrons. The molecule has 0 heterocycles. The molecule has 9 heteroatoms. The van der Waals surface area contributed by atoms with Crippen LogP contribution in [0.25, 0.3) is 0 Å². The average Bonchev–Trinajstić information content (AvgIpc) is 3.45. The van der Waals surface area contributed by atoms with Crippen LogP contribution in [0.4, 0.5) is 0 Å². The fourth-order valence-electron chi connectivity index (χ4n) is 9.45. The van der Waals surface area contributed by atoms with Crippen molar-refractivity contribution in [1.82, 2.24) is 5.32 Å². The zero-order chi connectivity index (χ0) is 59.8. The number of carbonyl (C=O) groups excluding carboxylic acids is 1. The van der Waals surface area contributed by atoms with Crippen LogP contribution in [0, 0.1) is 0 Å². The Balaban J connectivity index is 4.19. The highest BCUT2D eigenvalue weighted by molar-refractivity contribution is 7.47. The van der Waals surface area contributed by atoms with Gasteiger partial charge in [0.05, 0.1) is 39.9 Å². The van der Waals surface area contributed by atoms with Crippen LogP contribution in [0.1, 0.15) is 284 Å². The number of nitrogens with zero attached hydrogens (tertiary/aromatic N) is 1. The van der Waals surface area contributed by atoms with Crippen LogP contribution in [0.15, 0.2) is 122 Å². The van der Waals surface area contributed by atoms with E-state index in [9.17, 15) is 19.4 Å². The van der Waals surface area contributed by atoms with Crippen LogP contribution in [0.5, 0.6) is 0 Å². The number of phosphoric acid groups is 1. The summed E-state index contributed by atoms with van der Waals surface area (Å²) in [5.41, 5.74) is 0. The summed E-state index contributed by atoms with van der Waals surface area (Å²) in [5.74, 6) is -0.190. The number of likely N-dealkylation sites (N-methyl/N-ethyl adjacent to an activating group) is 1. The van der Waals surface area contributed by atoms with Gasteiger partial charge in [-0.3, -0.25) is 13.8 Å². The maximum absolute atomic E-state index is 13.0. The minimum Gasteiger partial charge on any atom is -0.387 e. The molecule has 0 aromatic carbocycles. The summed E-state index contributed by atoms with van der Waals surface area (Å²) >= 11 is 0. The average molecular weight is 1160 g/mol. The van der Waals surface area contributed by atoms with Crippen molar-refractivity contribution in [2.45, 2.75) is 296 Å². The number of amides is 1. The van der Waals surface area contributed by atoms with Crippen molar-refractivity contribution in [3.63, 3.8) is 0 Å². The summed E-state index contributed by atoms with van der Waals surface area (Å²) in [4.78, 5) is 23.4. The molecule has 1 amide bonds. The third kappa shape index (κ3) is 64.5.